The monoisotopic (exact) mass is 324 g/mol. The lowest BCUT2D eigenvalue weighted by Gasteiger charge is -2.13. The summed E-state index contributed by atoms with van der Waals surface area (Å²) in [5.41, 5.74) is 3.67. The number of fused-ring (bicyclic) bond motifs is 3. The minimum atomic E-state index is -0.493. The van der Waals surface area contributed by atoms with E-state index in [0.717, 1.165) is 12.0 Å². The molecule has 1 heterocycles. The number of halogens is 2. The van der Waals surface area contributed by atoms with Crippen molar-refractivity contribution in [3.8, 4) is 0 Å². The minimum absolute atomic E-state index is 0.293. The number of aryl methyl sites for hydroxylation is 1. The molecule has 1 aromatic carbocycles. The zero-order valence-corrected chi connectivity index (χ0v) is 13.1. The van der Waals surface area contributed by atoms with Gasteiger partial charge in [-0.3, -0.25) is 0 Å². The third kappa shape index (κ3) is 1.93. The van der Waals surface area contributed by atoms with Gasteiger partial charge in [0.1, 0.15) is 4.34 Å². The van der Waals surface area contributed by atoms with Crippen LogP contribution in [-0.4, -0.2) is 5.11 Å². The molecule has 0 amide bonds. The van der Waals surface area contributed by atoms with E-state index in [-0.39, 0.29) is 0 Å². The highest BCUT2D eigenvalue weighted by atomic mass is 35.5. The molecule has 2 aliphatic rings. The highest BCUT2D eigenvalue weighted by molar-refractivity contribution is 7.20. The van der Waals surface area contributed by atoms with Crippen LogP contribution in [0, 0.1) is 11.8 Å². The van der Waals surface area contributed by atoms with Crippen molar-refractivity contribution >= 4 is 34.5 Å². The highest BCUT2D eigenvalue weighted by Gasteiger charge is 2.56. The van der Waals surface area contributed by atoms with E-state index in [4.69, 9.17) is 23.2 Å². The quantitative estimate of drug-likeness (QED) is 0.818. The smallest absolute Gasteiger partial charge is 0.100 e. The number of rotatable bonds is 2. The second-order valence-electron chi connectivity index (χ2n) is 5.73. The van der Waals surface area contributed by atoms with Gasteiger partial charge >= 0.3 is 0 Å². The van der Waals surface area contributed by atoms with Gasteiger partial charge in [-0.05, 0) is 47.8 Å². The first kappa shape index (κ1) is 13.1. The molecular formula is C16H14Cl2OS. The van der Waals surface area contributed by atoms with Gasteiger partial charge in [-0.15, -0.1) is 11.3 Å². The maximum Gasteiger partial charge on any atom is 0.100 e. The number of aliphatic hydroxyl groups excluding tert-OH is 1. The predicted molar refractivity (Wildman–Crippen MR) is 83.8 cm³/mol. The van der Waals surface area contributed by atoms with Crippen LogP contribution in [0.2, 0.25) is 8.67 Å². The van der Waals surface area contributed by atoms with E-state index < -0.39 is 6.10 Å². The van der Waals surface area contributed by atoms with E-state index in [1.165, 1.54) is 28.9 Å². The molecule has 4 unspecified atom stereocenters. The Bertz CT molecular complexity index is 666. The van der Waals surface area contributed by atoms with Crippen molar-refractivity contribution < 1.29 is 5.11 Å². The van der Waals surface area contributed by atoms with Crippen LogP contribution in [0.5, 0.6) is 0 Å². The Hall–Kier alpha value is -0.540. The number of hydrogen-bond acceptors (Lipinski definition) is 2. The lowest BCUT2D eigenvalue weighted by molar-refractivity contribution is 0.145. The summed E-state index contributed by atoms with van der Waals surface area (Å²) < 4.78 is 1.27. The molecule has 1 saturated carbocycles. The summed E-state index contributed by atoms with van der Waals surface area (Å²) in [4.78, 5) is 0. The summed E-state index contributed by atoms with van der Waals surface area (Å²) in [7, 11) is 0. The molecule has 4 rings (SSSR count). The molecule has 1 fully saturated rings. The van der Waals surface area contributed by atoms with E-state index in [9.17, 15) is 5.11 Å². The van der Waals surface area contributed by atoms with Gasteiger partial charge in [0.2, 0.25) is 0 Å². The molecule has 0 spiro atoms. The number of thiophene rings is 1. The van der Waals surface area contributed by atoms with Crippen LogP contribution in [-0.2, 0) is 6.42 Å². The van der Waals surface area contributed by atoms with Gasteiger partial charge in [0, 0.05) is 5.56 Å². The third-order valence-corrected chi connectivity index (χ3v) is 6.27. The molecule has 1 N–H and O–H groups in total. The maximum atomic E-state index is 10.7. The first-order valence-corrected chi connectivity index (χ1v) is 8.44. The van der Waals surface area contributed by atoms with E-state index >= 15 is 0 Å². The summed E-state index contributed by atoms with van der Waals surface area (Å²) in [6.45, 7) is 0. The fourth-order valence-electron chi connectivity index (χ4n) is 3.81. The summed E-state index contributed by atoms with van der Waals surface area (Å²) in [6, 6.07) is 10.4. The Morgan fingerprint density at radius 2 is 2.05 bits per heavy atom. The normalized spacial score (nSPS) is 28.6. The van der Waals surface area contributed by atoms with Crippen LogP contribution in [0.4, 0.5) is 0 Å². The fraction of sp³-hybridized carbons (Fsp3) is 0.375. The molecule has 2 aromatic rings. The Morgan fingerprint density at radius 3 is 2.80 bits per heavy atom. The Labute approximate surface area is 132 Å². The lowest BCUT2D eigenvalue weighted by Crippen LogP contribution is -2.01. The second kappa shape index (κ2) is 4.74. The van der Waals surface area contributed by atoms with Crippen molar-refractivity contribution in [2.75, 3.05) is 0 Å². The standard InChI is InChI=1S/C16H14Cl2OS/c17-12-7-11(16(18)20-12)15(19)14-10-6-5-8-3-1-2-4-9(8)13(10)14/h1-4,7,10,13-15,19H,5-6H2. The molecule has 0 aliphatic heterocycles. The molecule has 4 heteroatoms. The first-order chi connectivity index (χ1) is 9.66. The molecule has 0 radical (unpaired) electrons. The van der Waals surface area contributed by atoms with Crippen LogP contribution < -0.4 is 0 Å². The van der Waals surface area contributed by atoms with Gasteiger partial charge < -0.3 is 5.11 Å². The van der Waals surface area contributed by atoms with Crippen molar-refractivity contribution in [2.24, 2.45) is 11.8 Å². The number of hydrogen-bond donors (Lipinski definition) is 1. The number of benzene rings is 1. The summed E-state index contributed by atoms with van der Waals surface area (Å²) >= 11 is 13.5. The van der Waals surface area contributed by atoms with Gasteiger partial charge in [-0.25, -0.2) is 0 Å². The molecule has 0 saturated heterocycles. The molecule has 104 valence electrons. The molecule has 4 atom stereocenters. The molecule has 20 heavy (non-hydrogen) atoms. The fourth-order valence-corrected chi connectivity index (χ4v) is 5.35. The van der Waals surface area contributed by atoms with Crippen LogP contribution in [0.1, 0.15) is 35.1 Å². The Morgan fingerprint density at radius 1 is 1.25 bits per heavy atom. The van der Waals surface area contributed by atoms with E-state index in [2.05, 4.69) is 24.3 Å². The average molecular weight is 325 g/mol. The van der Waals surface area contributed by atoms with E-state index in [1.54, 1.807) is 0 Å². The lowest BCUT2D eigenvalue weighted by atomic mass is 9.92. The molecular weight excluding hydrogens is 311 g/mol. The highest BCUT2D eigenvalue weighted by Crippen LogP contribution is 2.64. The van der Waals surface area contributed by atoms with Crippen LogP contribution >= 0.6 is 34.5 Å². The summed E-state index contributed by atoms with van der Waals surface area (Å²) in [5, 5.41) is 10.7. The minimum Gasteiger partial charge on any atom is -0.388 e. The van der Waals surface area contributed by atoms with Crippen molar-refractivity contribution in [1.82, 2.24) is 0 Å². The average Bonchev–Trinajstić information content (AvgIpc) is 3.09. The third-order valence-electron chi connectivity index (χ3n) is 4.76. The Balaban J connectivity index is 1.65. The van der Waals surface area contributed by atoms with Gasteiger partial charge in [-0.2, -0.15) is 0 Å². The SMILES string of the molecule is OC(c1cc(Cl)sc1Cl)C1C2CCc3ccccc3C21. The van der Waals surface area contributed by atoms with Crippen LogP contribution in [0.3, 0.4) is 0 Å². The van der Waals surface area contributed by atoms with Crippen molar-refractivity contribution in [1.29, 1.82) is 0 Å². The van der Waals surface area contributed by atoms with Gasteiger partial charge in [0.05, 0.1) is 10.4 Å². The largest absolute Gasteiger partial charge is 0.388 e. The maximum absolute atomic E-state index is 10.7. The van der Waals surface area contributed by atoms with E-state index in [1.807, 2.05) is 6.07 Å². The van der Waals surface area contributed by atoms with E-state index in [0.29, 0.717) is 26.4 Å². The molecule has 1 aromatic heterocycles. The van der Waals surface area contributed by atoms with Crippen LogP contribution in [0.15, 0.2) is 30.3 Å². The van der Waals surface area contributed by atoms with Crippen molar-refractivity contribution in [3.63, 3.8) is 0 Å². The zero-order valence-electron chi connectivity index (χ0n) is 10.7. The second-order valence-corrected chi connectivity index (χ2v) is 8.01. The van der Waals surface area contributed by atoms with Crippen LogP contribution in [0.25, 0.3) is 0 Å². The first-order valence-electron chi connectivity index (χ1n) is 6.87. The summed E-state index contributed by atoms with van der Waals surface area (Å²) in [5.74, 6) is 1.38. The van der Waals surface area contributed by atoms with Crippen molar-refractivity contribution in [2.45, 2.75) is 24.9 Å². The molecule has 1 nitrogen and oxygen atoms in total. The molecule has 2 aliphatic carbocycles. The van der Waals surface area contributed by atoms with Gasteiger partial charge in [0.15, 0.2) is 0 Å². The van der Waals surface area contributed by atoms with Crippen molar-refractivity contribution in [3.05, 3.63) is 55.7 Å². The van der Waals surface area contributed by atoms with Gasteiger partial charge in [-0.1, -0.05) is 47.5 Å². The Kier molecular flexibility index (Phi) is 3.11. The molecule has 0 bridgehead atoms. The van der Waals surface area contributed by atoms with Gasteiger partial charge in [0.25, 0.3) is 0 Å². The number of aliphatic hydroxyl groups is 1. The summed E-state index contributed by atoms with van der Waals surface area (Å²) in [6.07, 6.45) is 1.80. The predicted octanol–water partition coefficient (Wildman–Crippen LogP) is 5.06. The topological polar surface area (TPSA) is 20.2 Å². The zero-order chi connectivity index (χ0) is 13.9.